The smallest absolute Gasteiger partial charge is 0.327 e. The lowest BCUT2D eigenvalue weighted by Crippen LogP contribution is -2.48. The number of hydrogen-bond acceptors (Lipinski definition) is 12. The van der Waals surface area contributed by atoms with Gasteiger partial charge in [-0.2, -0.15) is 0 Å². The van der Waals surface area contributed by atoms with Crippen LogP contribution in [-0.4, -0.2) is 115 Å². The van der Waals surface area contributed by atoms with Gasteiger partial charge in [0, 0.05) is 43.7 Å². The van der Waals surface area contributed by atoms with E-state index in [1.165, 1.54) is 21.6 Å². The molecule has 0 saturated carbocycles. The second-order valence-electron chi connectivity index (χ2n) is 13.2. The number of ketones is 2. The van der Waals surface area contributed by atoms with Crippen LogP contribution < -0.4 is 16.0 Å². The fourth-order valence-corrected chi connectivity index (χ4v) is 7.24. The number of Topliss-reactive ketones (excluding diaryl/α,β-unsaturated/α-hetero) is 2. The fourth-order valence-electron chi connectivity index (χ4n) is 5.42. The number of carbonyl (C=O) groups excluding carboxylic acids is 5. The number of aliphatic carboxylic acids is 5. The highest BCUT2D eigenvalue weighted by Crippen LogP contribution is 2.22. The number of amides is 3. The lowest BCUT2D eigenvalue weighted by Gasteiger charge is -2.21. The summed E-state index contributed by atoms with van der Waals surface area (Å²) in [6, 6.07) is 3.31. The van der Waals surface area contributed by atoms with Gasteiger partial charge in [-0.1, -0.05) is 59.2 Å². The van der Waals surface area contributed by atoms with Crippen molar-refractivity contribution in [2.45, 2.75) is 102 Å². The van der Waals surface area contributed by atoms with E-state index < -0.39 is 90.6 Å². The molecule has 0 unspecified atom stereocenters. The summed E-state index contributed by atoms with van der Waals surface area (Å²) in [5.41, 5.74) is 1.05. The first-order chi connectivity index (χ1) is 26.9. The van der Waals surface area contributed by atoms with Crippen molar-refractivity contribution in [3.63, 3.8) is 0 Å². The van der Waals surface area contributed by atoms with Crippen molar-refractivity contribution in [3.05, 3.63) is 35.4 Å². The van der Waals surface area contributed by atoms with E-state index >= 15 is 0 Å². The Hall–Kier alpha value is -4.98. The van der Waals surface area contributed by atoms with Gasteiger partial charge in [0.1, 0.15) is 11.8 Å². The third-order valence-corrected chi connectivity index (χ3v) is 10.9. The Morgan fingerprint density at radius 1 is 0.596 bits per heavy atom. The van der Waals surface area contributed by atoms with Gasteiger partial charge < -0.3 is 41.5 Å². The average molecular weight is 842 g/mol. The summed E-state index contributed by atoms with van der Waals surface area (Å²) in [6.45, 7) is 2.11. The summed E-state index contributed by atoms with van der Waals surface area (Å²) in [5, 5.41) is 53.6. The molecule has 1 aromatic rings. The minimum Gasteiger partial charge on any atom is -0.481 e. The second-order valence-corrected chi connectivity index (χ2v) is 16.0. The van der Waals surface area contributed by atoms with Crippen molar-refractivity contribution < 1.29 is 73.5 Å². The Bertz CT molecular complexity index is 1570. The average Bonchev–Trinajstić information content (AvgIpc) is 3.11. The molecule has 0 spiro atoms. The van der Waals surface area contributed by atoms with E-state index in [0.717, 1.165) is 0 Å². The summed E-state index contributed by atoms with van der Waals surface area (Å²) in [4.78, 5) is 120. The summed E-state index contributed by atoms with van der Waals surface area (Å²) < 4.78 is 0. The third-order valence-electron chi connectivity index (χ3n) is 8.37. The number of hydrogen-bond donors (Lipinski definition) is 8. The first-order valence-electron chi connectivity index (χ1n) is 18.3. The summed E-state index contributed by atoms with van der Waals surface area (Å²) in [5.74, 6) is -11.4. The Morgan fingerprint density at radius 3 is 1.74 bits per heavy atom. The van der Waals surface area contributed by atoms with E-state index in [-0.39, 0.29) is 62.5 Å². The quantitative estimate of drug-likeness (QED) is 0.0381. The number of rotatable bonds is 32. The highest BCUT2D eigenvalue weighted by molar-refractivity contribution is 8.76. The van der Waals surface area contributed by atoms with Crippen LogP contribution in [0.5, 0.6) is 0 Å². The van der Waals surface area contributed by atoms with E-state index in [1.807, 2.05) is 6.92 Å². The first-order valence-corrected chi connectivity index (χ1v) is 20.7. The molecule has 1 rings (SSSR count). The van der Waals surface area contributed by atoms with Gasteiger partial charge in [-0.25, -0.2) is 4.79 Å². The molecule has 3 amide bonds. The van der Waals surface area contributed by atoms with Gasteiger partial charge in [-0.3, -0.25) is 43.2 Å². The summed E-state index contributed by atoms with van der Waals surface area (Å²) in [7, 11) is 2.53. The van der Waals surface area contributed by atoms with Crippen molar-refractivity contribution in [2.75, 3.05) is 18.1 Å². The van der Waals surface area contributed by atoms with Crippen molar-refractivity contribution >= 4 is 80.7 Å². The van der Waals surface area contributed by atoms with Gasteiger partial charge in [0.2, 0.25) is 17.7 Å². The Morgan fingerprint density at radius 2 is 1.19 bits per heavy atom. The number of carboxylic acids is 5. The highest BCUT2D eigenvalue weighted by atomic mass is 33.1. The van der Waals surface area contributed by atoms with Crippen molar-refractivity contribution in [2.24, 2.45) is 11.8 Å². The van der Waals surface area contributed by atoms with Crippen LogP contribution in [0, 0.1) is 11.8 Å². The molecule has 4 atom stereocenters. The van der Waals surface area contributed by atoms with Gasteiger partial charge >= 0.3 is 29.8 Å². The van der Waals surface area contributed by atoms with E-state index in [0.29, 0.717) is 42.6 Å². The van der Waals surface area contributed by atoms with E-state index in [9.17, 15) is 68.4 Å². The molecule has 0 saturated heterocycles. The minimum absolute atomic E-state index is 0.00929. The number of carbonyl (C=O) groups is 10. The lowest BCUT2D eigenvalue weighted by atomic mass is 9.93. The number of carboxylic acid groups (broad SMARTS) is 5. The van der Waals surface area contributed by atoms with Crippen LogP contribution in [-0.2, 0) is 60.8 Å². The molecule has 8 N–H and O–H groups in total. The second kappa shape index (κ2) is 27.6. The van der Waals surface area contributed by atoms with Gasteiger partial charge in [-0.15, -0.1) is 0 Å². The van der Waals surface area contributed by atoms with E-state index in [1.54, 1.807) is 24.3 Å². The standard InChI is InChI=1S/C37H51N3O15S2/c1-2-56-57-21-28(37(54)55)40-35(51)25(19-33(47)48)18-29(42)27(20-34(49)50)39-31(44)16-23-12-10-22(11-13-23)15-30(43)38-14-6-5-7-24(36(52)53)17-26(41)8-3-4-9-32(45)46/h10-13,24-25,27-28H,2-9,14-21H2,1H3,(H,38,43)(H,39,44)(H,40,51)(H,45,46)(H,47,48)(H,49,50)(H,52,53)(H,54,55)/t24-,25+,27+,28+/m1/s1. The predicted molar refractivity (Wildman–Crippen MR) is 207 cm³/mol. The molecule has 0 fully saturated rings. The number of unbranched alkanes of at least 4 members (excludes halogenated alkanes) is 2. The molecule has 20 heteroatoms. The zero-order valence-electron chi connectivity index (χ0n) is 31.6. The third kappa shape index (κ3) is 23.0. The summed E-state index contributed by atoms with van der Waals surface area (Å²) >= 11 is 0. The first kappa shape index (κ1) is 50.0. The van der Waals surface area contributed by atoms with Crippen LogP contribution in [0.25, 0.3) is 0 Å². The SMILES string of the molecule is CCSSC[C@H](NC(=O)[C@H](CC(=O)O)CC(=O)[C@H](CC(=O)O)NC(=O)Cc1ccc(CC(=O)NCCCC[C@H](CC(=O)CCCCC(=O)O)C(=O)O)cc1)C(=O)O. The zero-order valence-corrected chi connectivity index (χ0v) is 33.2. The molecule has 0 bridgehead atoms. The molecular formula is C37H51N3O15S2. The highest BCUT2D eigenvalue weighted by Gasteiger charge is 2.32. The molecule has 0 aliphatic carbocycles. The molecule has 57 heavy (non-hydrogen) atoms. The van der Waals surface area contributed by atoms with Crippen LogP contribution >= 0.6 is 21.6 Å². The van der Waals surface area contributed by atoms with Crippen LogP contribution in [0.3, 0.4) is 0 Å². The van der Waals surface area contributed by atoms with Crippen LogP contribution in [0.1, 0.15) is 88.7 Å². The Kier molecular flexibility index (Phi) is 24.2. The van der Waals surface area contributed by atoms with Gasteiger partial charge in [0.15, 0.2) is 5.78 Å². The molecule has 0 radical (unpaired) electrons. The Labute approximate surface area is 337 Å². The van der Waals surface area contributed by atoms with Crippen LogP contribution in [0.4, 0.5) is 0 Å². The molecule has 0 aliphatic rings. The van der Waals surface area contributed by atoms with Gasteiger partial charge in [-0.05, 0) is 36.8 Å². The van der Waals surface area contributed by atoms with Crippen LogP contribution in [0.2, 0.25) is 0 Å². The molecule has 0 aromatic heterocycles. The van der Waals surface area contributed by atoms with Crippen LogP contribution in [0.15, 0.2) is 24.3 Å². The fraction of sp³-hybridized carbons (Fsp3) is 0.568. The maximum absolute atomic E-state index is 13.1. The van der Waals surface area contributed by atoms with Gasteiger partial charge in [0.25, 0.3) is 0 Å². The monoisotopic (exact) mass is 841 g/mol. The molecular weight excluding hydrogens is 791 g/mol. The molecule has 0 heterocycles. The molecule has 316 valence electrons. The maximum Gasteiger partial charge on any atom is 0.327 e. The number of nitrogens with one attached hydrogen (secondary N) is 3. The number of benzene rings is 1. The zero-order chi connectivity index (χ0) is 42.9. The van der Waals surface area contributed by atoms with Gasteiger partial charge in [0.05, 0.1) is 43.6 Å². The Balaban J connectivity index is 2.68. The predicted octanol–water partition coefficient (Wildman–Crippen LogP) is 2.34. The molecule has 18 nitrogen and oxygen atoms in total. The topological polar surface area (TPSA) is 308 Å². The van der Waals surface area contributed by atoms with E-state index in [4.69, 9.17) is 5.11 Å². The normalized spacial score (nSPS) is 12.9. The van der Waals surface area contributed by atoms with E-state index in [2.05, 4.69) is 16.0 Å². The lowest BCUT2D eigenvalue weighted by molar-refractivity contribution is -0.145. The minimum atomic E-state index is -1.62. The molecule has 0 aliphatic heterocycles. The van der Waals surface area contributed by atoms with Crippen molar-refractivity contribution in [1.29, 1.82) is 0 Å². The van der Waals surface area contributed by atoms with Crippen molar-refractivity contribution in [3.8, 4) is 0 Å². The maximum atomic E-state index is 13.1. The largest absolute Gasteiger partial charge is 0.481 e. The molecule has 1 aromatic carbocycles. The van der Waals surface area contributed by atoms with Crippen molar-refractivity contribution in [1.82, 2.24) is 16.0 Å². The summed E-state index contributed by atoms with van der Waals surface area (Å²) in [6.07, 6.45) is -1.00.